The molecule has 1 aromatic carbocycles. The van der Waals surface area contributed by atoms with Gasteiger partial charge in [-0.3, -0.25) is 0 Å². The van der Waals surface area contributed by atoms with E-state index in [4.69, 9.17) is 0 Å². The number of nitrogens with zero attached hydrogens (tertiary/aromatic N) is 2. The van der Waals surface area contributed by atoms with Crippen LogP contribution in [0.5, 0.6) is 0 Å². The van der Waals surface area contributed by atoms with Crippen LogP contribution in [0.3, 0.4) is 0 Å². The summed E-state index contributed by atoms with van der Waals surface area (Å²) in [6, 6.07) is 7.84. The second kappa shape index (κ2) is 5.44. The van der Waals surface area contributed by atoms with Crippen molar-refractivity contribution in [2.45, 2.75) is 37.2 Å². The summed E-state index contributed by atoms with van der Waals surface area (Å²) in [5.41, 5.74) is 1.95. The molecule has 2 aromatic rings. The topological polar surface area (TPSA) is 58.0 Å². The molecule has 5 heteroatoms. The van der Waals surface area contributed by atoms with Crippen molar-refractivity contribution < 1.29 is 9.90 Å². The summed E-state index contributed by atoms with van der Waals surface area (Å²) >= 11 is 1.23. The van der Waals surface area contributed by atoms with E-state index in [0.717, 1.165) is 29.2 Å². The lowest BCUT2D eigenvalue weighted by atomic mass is 10.3. The van der Waals surface area contributed by atoms with E-state index < -0.39 is 11.2 Å². The van der Waals surface area contributed by atoms with E-state index >= 15 is 0 Å². The van der Waals surface area contributed by atoms with Crippen LogP contribution in [-0.2, 0) is 11.3 Å². The van der Waals surface area contributed by atoms with Crippen molar-refractivity contribution in [1.82, 2.24) is 9.55 Å². The number of aryl methyl sites for hydroxylation is 1. The Bertz CT molecular complexity index is 565. The Hall–Kier alpha value is -1.49. The lowest BCUT2D eigenvalue weighted by Crippen LogP contribution is -2.31. The summed E-state index contributed by atoms with van der Waals surface area (Å²) in [6.45, 7) is 4.55. The highest BCUT2D eigenvalue weighted by molar-refractivity contribution is 8.00. The molecule has 18 heavy (non-hydrogen) atoms. The number of aliphatic carboxylic acids is 1. The first-order chi connectivity index (χ1) is 8.63. The molecular formula is C13H15N2O2S-. The maximum Gasteiger partial charge on any atom is 0.169 e. The van der Waals surface area contributed by atoms with Gasteiger partial charge in [0, 0.05) is 11.8 Å². The third-order valence-corrected chi connectivity index (χ3v) is 3.75. The number of benzene rings is 1. The van der Waals surface area contributed by atoms with Crippen molar-refractivity contribution in [3.8, 4) is 0 Å². The molecule has 1 heterocycles. The van der Waals surface area contributed by atoms with Crippen LogP contribution in [0, 0.1) is 0 Å². The Balaban J connectivity index is 2.42. The molecule has 0 bridgehead atoms. The Labute approximate surface area is 110 Å². The molecule has 0 saturated heterocycles. The van der Waals surface area contributed by atoms with Crippen molar-refractivity contribution in [1.29, 1.82) is 0 Å². The number of hydrogen-bond acceptors (Lipinski definition) is 4. The lowest BCUT2D eigenvalue weighted by molar-refractivity contribution is -0.304. The highest BCUT2D eigenvalue weighted by Gasteiger charge is 2.14. The number of aromatic nitrogens is 2. The fourth-order valence-electron chi connectivity index (χ4n) is 1.79. The van der Waals surface area contributed by atoms with E-state index in [1.807, 2.05) is 24.3 Å². The van der Waals surface area contributed by atoms with E-state index in [0.29, 0.717) is 0 Å². The van der Waals surface area contributed by atoms with Gasteiger partial charge in [-0.15, -0.1) is 0 Å². The Morgan fingerprint density at radius 1 is 1.50 bits per heavy atom. The van der Waals surface area contributed by atoms with E-state index in [1.165, 1.54) is 11.8 Å². The Morgan fingerprint density at radius 2 is 2.22 bits per heavy atom. The number of thioether (sulfide) groups is 1. The average Bonchev–Trinajstić information content (AvgIpc) is 2.68. The molecule has 0 saturated carbocycles. The Morgan fingerprint density at radius 3 is 2.89 bits per heavy atom. The summed E-state index contributed by atoms with van der Waals surface area (Å²) in [4.78, 5) is 15.3. The minimum Gasteiger partial charge on any atom is -0.549 e. The number of hydrogen-bond donors (Lipinski definition) is 0. The second-order valence-electron chi connectivity index (χ2n) is 4.11. The molecule has 1 aromatic heterocycles. The number of imidazole rings is 1. The van der Waals surface area contributed by atoms with Crippen LogP contribution in [0.2, 0.25) is 0 Å². The summed E-state index contributed by atoms with van der Waals surface area (Å²) in [6.07, 6.45) is 0.980. The minimum absolute atomic E-state index is 0.600. The Kier molecular flexibility index (Phi) is 3.91. The molecule has 1 atom stereocenters. The monoisotopic (exact) mass is 263 g/mol. The van der Waals surface area contributed by atoms with Gasteiger partial charge in [0.1, 0.15) is 0 Å². The van der Waals surface area contributed by atoms with Crippen molar-refractivity contribution >= 4 is 28.8 Å². The normalized spacial score (nSPS) is 12.8. The highest BCUT2D eigenvalue weighted by Crippen LogP contribution is 2.27. The molecule has 4 nitrogen and oxygen atoms in total. The van der Waals surface area contributed by atoms with Crippen LogP contribution < -0.4 is 5.11 Å². The molecular weight excluding hydrogens is 248 g/mol. The zero-order valence-electron chi connectivity index (χ0n) is 10.4. The van der Waals surface area contributed by atoms with Crippen molar-refractivity contribution in [3.63, 3.8) is 0 Å². The molecule has 0 spiro atoms. The quantitative estimate of drug-likeness (QED) is 0.770. The van der Waals surface area contributed by atoms with Crippen molar-refractivity contribution in [3.05, 3.63) is 24.3 Å². The number of fused-ring (bicyclic) bond motifs is 1. The predicted molar refractivity (Wildman–Crippen MR) is 70.4 cm³/mol. The molecule has 0 aliphatic heterocycles. The fourth-order valence-corrected chi connectivity index (χ4v) is 2.67. The standard InChI is InChI=1S/C13H16N2O2S/c1-3-8-15-11-7-5-4-6-10(11)14-13(15)18-9(2)12(16)17/h4-7,9H,3,8H2,1-2H3,(H,16,17)/p-1/t9-/m1/s1. The summed E-state index contributed by atoms with van der Waals surface area (Å²) < 4.78 is 2.07. The van der Waals surface area contributed by atoms with Crippen molar-refractivity contribution in [2.75, 3.05) is 0 Å². The minimum atomic E-state index is -1.06. The SMILES string of the molecule is CCCn1c(S[C@H](C)C(=O)[O-])nc2ccccc21. The summed E-state index contributed by atoms with van der Waals surface area (Å²) in [7, 11) is 0. The smallest absolute Gasteiger partial charge is 0.169 e. The number of para-hydroxylation sites is 2. The molecule has 0 aliphatic rings. The van der Waals surface area contributed by atoms with Gasteiger partial charge in [-0.25, -0.2) is 4.98 Å². The highest BCUT2D eigenvalue weighted by atomic mass is 32.2. The van der Waals surface area contributed by atoms with Gasteiger partial charge in [0.25, 0.3) is 0 Å². The average molecular weight is 263 g/mol. The summed E-state index contributed by atoms with van der Waals surface area (Å²) in [5, 5.41) is 11.0. The number of carboxylic acids is 1. The maximum atomic E-state index is 10.8. The van der Waals surface area contributed by atoms with Gasteiger partial charge in [-0.2, -0.15) is 0 Å². The first-order valence-electron chi connectivity index (χ1n) is 5.96. The number of carbonyl (C=O) groups is 1. The molecule has 0 radical (unpaired) electrons. The predicted octanol–water partition coefficient (Wildman–Crippen LogP) is 1.68. The molecule has 2 rings (SSSR count). The number of rotatable bonds is 5. The molecule has 0 N–H and O–H groups in total. The van der Waals surface area contributed by atoms with Gasteiger partial charge in [0.2, 0.25) is 0 Å². The van der Waals surface area contributed by atoms with E-state index in [1.54, 1.807) is 6.92 Å². The van der Waals surface area contributed by atoms with Crippen LogP contribution in [0.25, 0.3) is 11.0 Å². The van der Waals surface area contributed by atoms with Gasteiger partial charge >= 0.3 is 0 Å². The number of carboxylic acid groups (broad SMARTS) is 1. The van der Waals surface area contributed by atoms with Gasteiger partial charge < -0.3 is 14.5 Å². The van der Waals surface area contributed by atoms with Gasteiger partial charge in [-0.1, -0.05) is 30.8 Å². The molecule has 0 fully saturated rings. The zero-order valence-corrected chi connectivity index (χ0v) is 11.2. The largest absolute Gasteiger partial charge is 0.549 e. The molecule has 0 unspecified atom stereocenters. The van der Waals surface area contributed by atoms with Crippen LogP contribution in [0.4, 0.5) is 0 Å². The third-order valence-electron chi connectivity index (χ3n) is 2.68. The lowest BCUT2D eigenvalue weighted by Gasteiger charge is -2.13. The zero-order chi connectivity index (χ0) is 13.1. The number of carbonyl (C=O) groups excluding carboxylic acids is 1. The first kappa shape index (κ1) is 13.0. The van der Waals surface area contributed by atoms with Crippen LogP contribution >= 0.6 is 11.8 Å². The van der Waals surface area contributed by atoms with E-state index in [-0.39, 0.29) is 0 Å². The van der Waals surface area contributed by atoms with Gasteiger partial charge in [0.05, 0.1) is 17.0 Å². The van der Waals surface area contributed by atoms with Crippen molar-refractivity contribution in [2.24, 2.45) is 0 Å². The van der Waals surface area contributed by atoms with Crippen LogP contribution in [0.1, 0.15) is 20.3 Å². The van der Waals surface area contributed by atoms with Crippen LogP contribution in [0.15, 0.2) is 29.4 Å². The third kappa shape index (κ3) is 2.51. The second-order valence-corrected chi connectivity index (χ2v) is 5.42. The van der Waals surface area contributed by atoms with Gasteiger partial charge in [0.15, 0.2) is 5.16 Å². The van der Waals surface area contributed by atoms with Crippen LogP contribution in [-0.4, -0.2) is 20.8 Å². The molecule has 96 valence electrons. The van der Waals surface area contributed by atoms with E-state index in [9.17, 15) is 9.90 Å². The molecule has 0 aliphatic carbocycles. The molecule has 0 amide bonds. The first-order valence-corrected chi connectivity index (χ1v) is 6.84. The maximum absolute atomic E-state index is 10.8. The van der Waals surface area contributed by atoms with Gasteiger partial charge in [-0.05, 0) is 25.5 Å². The summed E-state index contributed by atoms with van der Waals surface area (Å²) in [5.74, 6) is -1.06. The fraction of sp³-hybridized carbons (Fsp3) is 0.385. The van der Waals surface area contributed by atoms with E-state index in [2.05, 4.69) is 16.5 Å².